The van der Waals surface area contributed by atoms with Crippen LogP contribution >= 0.6 is 0 Å². The SMILES string of the molecule is CC1(C)CCC(C)(C)c2cc3c(cc21)c1c2ccccc2c2c4ccccc4n(-c4cccc5c4C(C)(C)c4ccccc4-5)c2c1n3-c1ccccc1. The van der Waals surface area contributed by atoms with Crippen LogP contribution < -0.4 is 0 Å². The van der Waals surface area contributed by atoms with Crippen molar-refractivity contribution in [2.45, 2.75) is 70.6 Å². The number of hydrogen-bond donors (Lipinski definition) is 0. The molecule has 2 aromatic heterocycles. The van der Waals surface area contributed by atoms with Crippen LogP contribution in [0.25, 0.3) is 76.9 Å². The van der Waals surface area contributed by atoms with Crippen LogP contribution in [0.15, 0.2) is 133 Å². The topological polar surface area (TPSA) is 9.86 Å². The van der Waals surface area contributed by atoms with E-state index < -0.39 is 0 Å². The van der Waals surface area contributed by atoms with E-state index in [4.69, 9.17) is 0 Å². The van der Waals surface area contributed by atoms with Crippen molar-refractivity contribution in [3.63, 3.8) is 0 Å². The Morgan fingerprint density at radius 3 is 1.74 bits per heavy atom. The fraction of sp³-hybridized carbons (Fsp3) is 0.216. The van der Waals surface area contributed by atoms with E-state index in [9.17, 15) is 0 Å². The van der Waals surface area contributed by atoms with E-state index in [-0.39, 0.29) is 16.2 Å². The lowest BCUT2D eigenvalue weighted by atomic mass is 9.63. The van der Waals surface area contributed by atoms with Crippen molar-refractivity contribution < 1.29 is 0 Å². The molecular formula is C51H44N2. The Hall–Kier alpha value is -5.60. The summed E-state index contributed by atoms with van der Waals surface area (Å²) in [7, 11) is 0. The molecule has 0 fully saturated rings. The van der Waals surface area contributed by atoms with Gasteiger partial charge in [0.05, 0.1) is 27.8 Å². The van der Waals surface area contributed by atoms with Gasteiger partial charge in [-0.15, -0.1) is 0 Å². The third-order valence-electron chi connectivity index (χ3n) is 13.3. The Balaban J connectivity index is 1.43. The number of fused-ring (bicyclic) bond motifs is 14. The van der Waals surface area contributed by atoms with Crippen LogP contribution in [0.4, 0.5) is 0 Å². The Bertz CT molecular complexity index is 3020. The summed E-state index contributed by atoms with van der Waals surface area (Å²) in [5.74, 6) is 0. The molecule has 2 heterocycles. The van der Waals surface area contributed by atoms with Gasteiger partial charge in [-0.3, -0.25) is 0 Å². The minimum atomic E-state index is -0.168. The van der Waals surface area contributed by atoms with Gasteiger partial charge >= 0.3 is 0 Å². The van der Waals surface area contributed by atoms with Crippen LogP contribution in [0.2, 0.25) is 0 Å². The van der Waals surface area contributed by atoms with Gasteiger partial charge in [-0.1, -0.05) is 139 Å². The first-order chi connectivity index (χ1) is 25.6. The quantitative estimate of drug-likeness (QED) is 0.172. The summed E-state index contributed by atoms with van der Waals surface area (Å²) in [5, 5.41) is 7.92. The maximum Gasteiger partial charge on any atom is 0.0795 e. The second-order valence-corrected chi connectivity index (χ2v) is 17.6. The van der Waals surface area contributed by atoms with Gasteiger partial charge in [0.25, 0.3) is 0 Å². The van der Waals surface area contributed by atoms with Crippen molar-refractivity contribution in [3.05, 3.63) is 156 Å². The minimum Gasteiger partial charge on any atom is -0.307 e. The molecule has 0 atom stereocenters. The van der Waals surface area contributed by atoms with Gasteiger partial charge in [0, 0.05) is 32.6 Å². The lowest BCUT2D eigenvalue weighted by Crippen LogP contribution is -2.33. The Kier molecular flexibility index (Phi) is 6.01. The summed E-state index contributed by atoms with van der Waals surface area (Å²) in [4.78, 5) is 0. The number of aromatic nitrogens is 2. The molecule has 0 radical (unpaired) electrons. The number of para-hydroxylation sites is 2. The highest BCUT2D eigenvalue weighted by molar-refractivity contribution is 6.36. The second-order valence-electron chi connectivity index (χ2n) is 17.6. The fourth-order valence-corrected chi connectivity index (χ4v) is 10.6. The number of nitrogens with zero attached hydrogens (tertiary/aromatic N) is 2. The molecule has 0 unspecified atom stereocenters. The molecule has 0 aliphatic heterocycles. The molecule has 9 aromatic rings. The van der Waals surface area contributed by atoms with Crippen molar-refractivity contribution in [1.29, 1.82) is 0 Å². The van der Waals surface area contributed by atoms with Crippen LogP contribution in [0, 0.1) is 0 Å². The van der Waals surface area contributed by atoms with E-state index in [2.05, 4.69) is 184 Å². The molecule has 0 N–H and O–H groups in total. The van der Waals surface area contributed by atoms with Crippen molar-refractivity contribution in [3.8, 4) is 22.5 Å². The Morgan fingerprint density at radius 2 is 1.00 bits per heavy atom. The minimum absolute atomic E-state index is 0.0917. The highest BCUT2D eigenvalue weighted by atomic mass is 15.0. The van der Waals surface area contributed by atoms with Crippen molar-refractivity contribution >= 4 is 54.4 Å². The molecule has 2 nitrogen and oxygen atoms in total. The maximum absolute atomic E-state index is 2.64. The van der Waals surface area contributed by atoms with E-state index in [0.717, 1.165) is 0 Å². The van der Waals surface area contributed by atoms with Crippen LogP contribution in [0.5, 0.6) is 0 Å². The number of benzene rings is 7. The molecule has 53 heavy (non-hydrogen) atoms. The first-order valence-corrected chi connectivity index (χ1v) is 19.3. The van der Waals surface area contributed by atoms with Crippen LogP contribution in [-0.4, -0.2) is 9.13 Å². The van der Waals surface area contributed by atoms with E-state index >= 15 is 0 Å². The van der Waals surface area contributed by atoms with Crippen LogP contribution in [-0.2, 0) is 16.2 Å². The van der Waals surface area contributed by atoms with Gasteiger partial charge in [0.15, 0.2) is 0 Å². The average Bonchev–Trinajstić information content (AvgIpc) is 3.77. The monoisotopic (exact) mass is 684 g/mol. The molecule has 2 aliphatic rings. The largest absolute Gasteiger partial charge is 0.307 e. The van der Waals surface area contributed by atoms with Gasteiger partial charge in [-0.25, -0.2) is 0 Å². The molecule has 258 valence electrons. The first kappa shape index (κ1) is 31.0. The number of hydrogen-bond acceptors (Lipinski definition) is 0. The summed E-state index contributed by atoms with van der Waals surface area (Å²) < 4.78 is 5.24. The van der Waals surface area contributed by atoms with Crippen molar-refractivity contribution in [2.75, 3.05) is 0 Å². The third kappa shape index (κ3) is 3.94. The summed E-state index contributed by atoms with van der Waals surface area (Å²) in [6.07, 6.45) is 2.37. The van der Waals surface area contributed by atoms with Gasteiger partial charge in [0.2, 0.25) is 0 Å². The Labute approximate surface area is 311 Å². The molecule has 2 heteroatoms. The lowest BCUT2D eigenvalue weighted by Gasteiger charge is -2.42. The van der Waals surface area contributed by atoms with E-state index in [0.29, 0.717) is 0 Å². The zero-order valence-corrected chi connectivity index (χ0v) is 31.5. The summed E-state index contributed by atoms with van der Waals surface area (Å²) in [6, 6.07) is 50.6. The molecule has 2 aliphatic carbocycles. The average molecular weight is 685 g/mol. The summed E-state index contributed by atoms with van der Waals surface area (Å²) in [5.41, 5.74) is 16.0. The van der Waals surface area contributed by atoms with Crippen LogP contribution in [0.1, 0.15) is 76.6 Å². The Morgan fingerprint density at radius 1 is 0.434 bits per heavy atom. The lowest BCUT2D eigenvalue weighted by molar-refractivity contribution is 0.332. The molecule has 0 spiro atoms. The smallest absolute Gasteiger partial charge is 0.0795 e. The first-order valence-electron chi connectivity index (χ1n) is 19.3. The zero-order valence-electron chi connectivity index (χ0n) is 31.5. The molecule has 11 rings (SSSR count). The highest BCUT2D eigenvalue weighted by Gasteiger charge is 2.40. The van der Waals surface area contributed by atoms with Gasteiger partial charge in [0.1, 0.15) is 0 Å². The van der Waals surface area contributed by atoms with Crippen molar-refractivity contribution in [1.82, 2.24) is 9.13 Å². The zero-order chi connectivity index (χ0) is 36.0. The predicted octanol–water partition coefficient (Wildman–Crippen LogP) is 13.7. The van der Waals surface area contributed by atoms with E-state index in [1.807, 2.05) is 0 Å². The van der Waals surface area contributed by atoms with Gasteiger partial charge < -0.3 is 9.13 Å². The molecule has 7 aromatic carbocycles. The molecular weight excluding hydrogens is 641 g/mol. The molecule has 0 amide bonds. The van der Waals surface area contributed by atoms with Crippen LogP contribution in [0.3, 0.4) is 0 Å². The van der Waals surface area contributed by atoms with Crippen molar-refractivity contribution in [2.24, 2.45) is 0 Å². The third-order valence-corrected chi connectivity index (χ3v) is 13.3. The normalized spacial score (nSPS) is 16.8. The number of rotatable bonds is 2. The predicted molar refractivity (Wildman–Crippen MR) is 225 cm³/mol. The maximum atomic E-state index is 2.64. The standard InChI is InChI=1S/C51H44N2/c1-49(2)27-28-50(3,4)40-30-43-37(29-39(40)49)45-34-21-11-10-20-33(34)44-36-22-13-15-25-41(36)53(48(44)47(45)52(43)31-17-8-7-9-18-31)42-26-16-23-35-32-19-12-14-24-38(32)51(5,6)46(35)42/h7-26,29-30H,27-28H2,1-6H3. The highest BCUT2D eigenvalue weighted by Crippen LogP contribution is 2.54. The van der Waals surface area contributed by atoms with Gasteiger partial charge in [-0.05, 0) is 104 Å². The molecule has 0 bridgehead atoms. The molecule has 0 saturated carbocycles. The van der Waals surface area contributed by atoms with E-state index in [1.54, 1.807) is 0 Å². The van der Waals surface area contributed by atoms with Gasteiger partial charge in [-0.2, -0.15) is 0 Å². The van der Waals surface area contributed by atoms with E-state index in [1.165, 1.54) is 112 Å². The fourth-order valence-electron chi connectivity index (χ4n) is 10.6. The molecule has 0 saturated heterocycles. The summed E-state index contributed by atoms with van der Waals surface area (Å²) in [6.45, 7) is 14.6. The summed E-state index contributed by atoms with van der Waals surface area (Å²) >= 11 is 0. The second kappa shape index (κ2) is 10.3.